The smallest absolute Gasteiger partial charge is 0.250 e. The van der Waals surface area contributed by atoms with Gasteiger partial charge in [0.15, 0.2) is 0 Å². The molecule has 1 aromatic carbocycles. The van der Waals surface area contributed by atoms with Crippen molar-refractivity contribution in [2.45, 2.75) is 32.4 Å². The molecule has 18 heavy (non-hydrogen) atoms. The van der Waals surface area contributed by atoms with Crippen LogP contribution in [-0.4, -0.2) is 23.9 Å². The minimum absolute atomic E-state index is 0.130. The van der Waals surface area contributed by atoms with Gasteiger partial charge < -0.3 is 5.32 Å². The highest BCUT2D eigenvalue weighted by molar-refractivity contribution is 6.34. The average molecular weight is 267 g/mol. The van der Waals surface area contributed by atoms with Gasteiger partial charge in [0.05, 0.1) is 10.7 Å². The number of hydrogen-bond donors (Lipinski definition) is 1. The second kappa shape index (κ2) is 4.98. The quantitative estimate of drug-likeness (QED) is 0.890. The summed E-state index contributed by atoms with van der Waals surface area (Å²) in [5, 5.41) is 3.15. The monoisotopic (exact) mass is 266 g/mol. The summed E-state index contributed by atoms with van der Waals surface area (Å²) in [6, 6.07) is 6.07. The van der Waals surface area contributed by atoms with E-state index in [0.717, 1.165) is 0 Å². The number of amides is 2. The standard InChI is InChI=1S/C13H15ClN2O2/c1-3-10-12(17)15-8(2)13(18)16(10)11-7-5-4-6-9(11)14/h4-8,10H,3H2,1-2H3,(H,15,17). The fourth-order valence-electron chi connectivity index (χ4n) is 2.15. The normalized spacial score (nSPS) is 24.1. The van der Waals surface area contributed by atoms with Crippen LogP contribution < -0.4 is 10.2 Å². The van der Waals surface area contributed by atoms with Gasteiger partial charge in [-0.3, -0.25) is 14.5 Å². The van der Waals surface area contributed by atoms with Crippen LogP contribution in [0.4, 0.5) is 5.69 Å². The van der Waals surface area contributed by atoms with Crippen molar-refractivity contribution < 1.29 is 9.59 Å². The van der Waals surface area contributed by atoms with E-state index < -0.39 is 12.1 Å². The molecular formula is C13H15ClN2O2. The molecule has 0 aliphatic carbocycles. The molecule has 0 spiro atoms. The average Bonchev–Trinajstić information content (AvgIpc) is 2.34. The minimum Gasteiger partial charge on any atom is -0.343 e. The van der Waals surface area contributed by atoms with Crippen LogP contribution in [0.3, 0.4) is 0 Å². The lowest BCUT2D eigenvalue weighted by atomic mass is 10.0. The molecule has 1 aliphatic heterocycles. The molecule has 4 nitrogen and oxygen atoms in total. The molecule has 1 saturated heterocycles. The van der Waals surface area contributed by atoms with Gasteiger partial charge in [0.1, 0.15) is 12.1 Å². The lowest BCUT2D eigenvalue weighted by Gasteiger charge is -2.37. The summed E-state index contributed by atoms with van der Waals surface area (Å²) in [7, 11) is 0. The van der Waals surface area contributed by atoms with Crippen LogP contribution in [0.5, 0.6) is 0 Å². The summed E-state index contributed by atoms with van der Waals surface area (Å²) in [5.41, 5.74) is 0.595. The van der Waals surface area contributed by atoms with Crippen molar-refractivity contribution in [1.82, 2.24) is 5.32 Å². The molecule has 96 valence electrons. The van der Waals surface area contributed by atoms with Gasteiger partial charge in [-0.2, -0.15) is 0 Å². The zero-order valence-electron chi connectivity index (χ0n) is 10.3. The fourth-order valence-corrected chi connectivity index (χ4v) is 2.38. The van der Waals surface area contributed by atoms with E-state index in [2.05, 4.69) is 5.32 Å². The van der Waals surface area contributed by atoms with E-state index in [0.29, 0.717) is 17.1 Å². The van der Waals surface area contributed by atoms with Crippen molar-refractivity contribution >= 4 is 29.1 Å². The number of nitrogens with one attached hydrogen (secondary N) is 1. The Kier molecular flexibility index (Phi) is 3.57. The molecule has 2 rings (SSSR count). The van der Waals surface area contributed by atoms with E-state index in [9.17, 15) is 9.59 Å². The van der Waals surface area contributed by atoms with Gasteiger partial charge in [-0.05, 0) is 25.5 Å². The van der Waals surface area contributed by atoms with E-state index in [1.807, 2.05) is 6.92 Å². The summed E-state index contributed by atoms with van der Waals surface area (Å²) < 4.78 is 0. The molecule has 5 heteroatoms. The predicted octanol–water partition coefficient (Wildman–Crippen LogP) is 1.97. The molecule has 0 saturated carbocycles. The highest BCUT2D eigenvalue weighted by atomic mass is 35.5. The van der Waals surface area contributed by atoms with Crippen molar-refractivity contribution in [3.8, 4) is 0 Å². The summed E-state index contributed by atoms with van der Waals surface area (Å²) in [6.07, 6.45) is 0.551. The number of piperazine rings is 1. The lowest BCUT2D eigenvalue weighted by molar-refractivity contribution is -0.133. The third kappa shape index (κ3) is 2.08. The molecule has 2 atom stereocenters. The van der Waals surface area contributed by atoms with Crippen LogP contribution in [0, 0.1) is 0 Å². The molecule has 1 N–H and O–H groups in total. The first-order valence-corrected chi connectivity index (χ1v) is 6.32. The summed E-state index contributed by atoms with van der Waals surface area (Å²) in [6.45, 7) is 3.55. The first kappa shape index (κ1) is 12.9. The van der Waals surface area contributed by atoms with E-state index >= 15 is 0 Å². The number of carbonyl (C=O) groups is 2. The Balaban J connectivity index is 2.47. The molecule has 1 aromatic rings. The van der Waals surface area contributed by atoms with Gasteiger partial charge in [0.2, 0.25) is 11.8 Å². The lowest BCUT2D eigenvalue weighted by Crippen LogP contribution is -2.62. The van der Waals surface area contributed by atoms with Crippen molar-refractivity contribution in [1.29, 1.82) is 0 Å². The number of para-hydroxylation sites is 1. The van der Waals surface area contributed by atoms with Gasteiger partial charge in [0.25, 0.3) is 0 Å². The largest absolute Gasteiger partial charge is 0.343 e. The first-order chi connectivity index (χ1) is 8.56. The van der Waals surface area contributed by atoms with Crippen molar-refractivity contribution in [3.05, 3.63) is 29.3 Å². The predicted molar refractivity (Wildman–Crippen MR) is 70.6 cm³/mol. The Labute approximate surface area is 111 Å². The van der Waals surface area contributed by atoms with Gasteiger partial charge >= 0.3 is 0 Å². The Morgan fingerprint density at radius 3 is 2.61 bits per heavy atom. The maximum Gasteiger partial charge on any atom is 0.250 e. The van der Waals surface area contributed by atoms with Crippen LogP contribution >= 0.6 is 11.6 Å². The van der Waals surface area contributed by atoms with Crippen molar-refractivity contribution in [2.75, 3.05) is 4.90 Å². The number of benzene rings is 1. The number of anilines is 1. The van der Waals surface area contributed by atoms with Gasteiger partial charge in [-0.1, -0.05) is 30.7 Å². The molecule has 0 aromatic heterocycles. The van der Waals surface area contributed by atoms with Crippen LogP contribution in [0.2, 0.25) is 5.02 Å². The third-order valence-electron chi connectivity index (χ3n) is 3.08. The summed E-state index contributed by atoms with van der Waals surface area (Å²) in [5.74, 6) is -0.265. The minimum atomic E-state index is -0.517. The Morgan fingerprint density at radius 1 is 1.33 bits per heavy atom. The van der Waals surface area contributed by atoms with Crippen LogP contribution in [0.1, 0.15) is 20.3 Å². The first-order valence-electron chi connectivity index (χ1n) is 5.94. The van der Waals surface area contributed by atoms with E-state index in [4.69, 9.17) is 11.6 Å². The van der Waals surface area contributed by atoms with Gasteiger partial charge in [-0.25, -0.2) is 0 Å². The molecule has 0 bridgehead atoms. The molecular weight excluding hydrogens is 252 g/mol. The number of carbonyl (C=O) groups excluding carboxylic acids is 2. The number of rotatable bonds is 2. The van der Waals surface area contributed by atoms with Gasteiger partial charge in [-0.15, -0.1) is 0 Å². The second-order valence-electron chi connectivity index (χ2n) is 4.31. The number of halogens is 1. The van der Waals surface area contributed by atoms with Crippen LogP contribution in [0.15, 0.2) is 24.3 Å². The van der Waals surface area contributed by atoms with Crippen LogP contribution in [-0.2, 0) is 9.59 Å². The van der Waals surface area contributed by atoms with Crippen molar-refractivity contribution in [2.24, 2.45) is 0 Å². The Hall–Kier alpha value is -1.55. The Morgan fingerprint density at radius 2 is 2.00 bits per heavy atom. The highest BCUT2D eigenvalue weighted by Crippen LogP contribution is 2.29. The Bertz CT molecular complexity index is 490. The summed E-state index contributed by atoms with van der Waals surface area (Å²) in [4.78, 5) is 25.7. The second-order valence-corrected chi connectivity index (χ2v) is 4.72. The molecule has 2 unspecified atom stereocenters. The SMILES string of the molecule is CCC1C(=O)NC(C)C(=O)N1c1ccccc1Cl. The van der Waals surface area contributed by atoms with Crippen molar-refractivity contribution in [3.63, 3.8) is 0 Å². The maximum atomic E-state index is 12.2. The molecule has 1 fully saturated rings. The highest BCUT2D eigenvalue weighted by Gasteiger charge is 2.38. The van der Waals surface area contributed by atoms with Crippen LogP contribution in [0.25, 0.3) is 0 Å². The molecule has 1 heterocycles. The maximum absolute atomic E-state index is 12.2. The molecule has 0 radical (unpaired) electrons. The van der Waals surface area contributed by atoms with E-state index in [1.165, 1.54) is 4.90 Å². The number of nitrogens with zero attached hydrogens (tertiary/aromatic N) is 1. The molecule has 2 amide bonds. The zero-order chi connectivity index (χ0) is 13.3. The number of hydrogen-bond acceptors (Lipinski definition) is 2. The van der Waals surface area contributed by atoms with E-state index in [1.54, 1.807) is 31.2 Å². The third-order valence-corrected chi connectivity index (χ3v) is 3.40. The van der Waals surface area contributed by atoms with Gasteiger partial charge in [0, 0.05) is 0 Å². The fraction of sp³-hybridized carbons (Fsp3) is 0.385. The molecule has 1 aliphatic rings. The summed E-state index contributed by atoms with van der Waals surface area (Å²) >= 11 is 6.11. The topological polar surface area (TPSA) is 49.4 Å². The zero-order valence-corrected chi connectivity index (χ0v) is 11.1. The van der Waals surface area contributed by atoms with E-state index in [-0.39, 0.29) is 11.8 Å².